The van der Waals surface area contributed by atoms with Crippen LogP contribution in [0.15, 0.2) is 57.7 Å². The van der Waals surface area contributed by atoms with Gasteiger partial charge >= 0.3 is 0 Å². The number of rotatable bonds is 7. The van der Waals surface area contributed by atoms with Crippen molar-refractivity contribution >= 4 is 16.6 Å². The molecular weight excluding hydrogens is 552 g/mol. The van der Waals surface area contributed by atoms with Crippen LogP contribution in [0.25, 0.3) is 10.8 Å². The lowest BCUT2D eigenvalue weighted by Gasteiger charge is -2.72. The van der Waals surface area contributed by atoms with Crippen LogP contribution in [0, 0.1) is 34.5 Å². The fourth-order valence-electron chi connectivity index (χ4n) is 11.1. The van der Waals surface area contributed by atoms with E-state index in [0.717, 1.165) is 38.5 Å². The van der Waals surface area contributed by atoms with Crippen molar-refractivity contribution in [3.63, 3.8) is 0 Å². The van der Waals surface area contributed by atoms with Gasteiger partial charge in [-0.2, -0.15) is 0 Å². The first-order chi connectivity index (χ1) is 21.0. The first kappa shape index (κ1) is 29.9. The highest BCUT2D eigenvalue weighted by Crippen LogP contribution is 2.74. The van der Waals surface area contributed by atoms with Gasteiger partial charge in [0.05, 0.1) is 28.0 Å². The fraction of sp³-hybridized carbons (Fsp3) is 0.649. The van der Waals surface area contributed by atoms with E-state index in [1.807, 2.05) is 47.5 Å². The molecule has 8 rings (SSSR count). The number of benzene rings is 1. The standard InChI is InChI=1S/C37H48N2O5/c1-23(2)29(40)13-11-24(3)28-12-14-30-34(28,4)17-16-31-35(5)18-15-25(44-22-43-6)21-36(35)19-20-37(30,31)39-33(42)27-10-8-7-9-26(27)32(41)38(36)39/h7-11,19-20,23,25,28,30-31H,12-18,21-22H2,1-6H3/t25?,28-,30-,31-,34-,35-,36?,37?/m1/s1. The van der Waals surface area contributed by atoms with Gasteiger partial charge < -0.3 is 9.47 Å². The van der Waals surface area contributed by atoms with Crippen molar-refractivity contribution in [1.82, 2.24) is 9.36 Å². The molecule has 2 aromatic rings. The highest BCUT2D eigenvalue weighted by Gasteiger charge is 2.74. The van der Waals surface area contributed by atoms with Crippen LogP contribution in [0.1, 0.15) is 86.0 Å². The molecule has 0 N–H and O–H groups in total. The fourth-order valence-corrected chi connectivity index (χ4v) is 11.1. The van der Waals surface area contributed by atoms with E-state index in [4.69, 9.17) is 9.47 Å². The van der Waals surface area contributed by atoms with Crippen molar-refractivity contribution in [2.45, 2.75) is 103 Å². The SMILES string of the molecule is COCOC1CC[C@]2(C)[C@H]3CC[C@]4(C)[C@@H](C(C)=CCC(=O)C(C)C)CC[C@H]4C34C=CC2(C1)n1c(=O)c2ccccc2c(=O)n14. The predicted molar refractivity (Wildman–Crippen MR) is 172 cm³/mol. The number of hydrogen-bond acceptors (Lipinski definition) is 5. The number of carbonyl (C=O) groups excluding carboxylic acids is 1. The second-order valence-corrected chi connectivity index (χ2v) is 15.3. The van der Waals surface area contributed by atoms with Crippen LogP contribution in [-0.2, 0) is 25.3 Å². The average Bonchev–Trinajstić information content (AvgIpc) is 3.38. The first-order valence-electron chi connectivity index (χ1n) is 16.7. The molecule has 3 unspecified atom stereocenters. The van der Waals surface area contributed by atoms with Gasteiger partial charge in [0.25, 0.3) is 11.1 Å². The van der Waals surface area contributed by atoms with Gasteiger partial charge in [-0.3, -0.25) is 14.4 Å². The van der Waals surface area contributed by atoms with Gasteiger partial charge in [0, 0.05) is 31.3 Å². The minimum Gasteiger partial charge on any atom is -0.359 e. The number of hydrogen-bond donors (Lipinski definition) is 0. The Morgan fingerprint density at radius 2 is 1.68 bits per heavy atom. The van der Waals surface area contributed by atoms with E-state index in [0.29, 0.717) is 29.5 Å². The lowest BCUT2D eigenvalue weighted by atomic mass is 9.40. The van der Waals surface area contributed by atoms with Crippen molar-refractivity contribution in [3.05, 3.63) is 68.8 Å². The number of ketones is 1. The maximum absolute atomic E-state index is 14.8. The van der Waals surface area contributed by atoms with E-state index in [2.05, 4.69) is 39.0 Å². The summed E-state index contributed by atoms with van der Waals surface area (Å²) in [7, 11) is 1.64. The third kappa shape index (κ3) is 3.66. The van der Waals surface area contributed by atoms with Gasteiger partial charge in [-0.25, -0.2) is 9.36 Å². The molecule has 1 aromatic heterocycles. The Morgan fingerprint density at radius 1 is 0.977 bits per heavy atom. The summed E-state index contributed by atoms with van der Waals surface area (Å²) < 4.78 is 15.3. The third-order valence-electron chi connectivity index (χ3n) is 13.3. The first-order valence-corrected chi connectivity index (χ1v) is 16.7. The van der Waals surface area contributed by atoms with Gasteiger partial charge in [-0.15, -0.1) is 0 Å². The number of Topliss-reactive ketones (excluding diaryl/α,β-unsaturated/α-hetero) is 1. The third-order valence-corrected chi connectivity index (χ3v) is 13.3. The van der Waals surface area contributed by atoms with Crippen LogP contribution in [0.3, 0.4) is 0 Å². The van der Waals surface area contributed by atoms with E-state index < -0.39 is 11.1 Å². The van der Waals surface area contributed by atoms with Gasteiger partial charge in [-0.05, 0) is 80.8 Å². The topological polar surface area (TPSA) is 79.5 Å². The van der Waals surface area contributed by atoms with E-state index in [9.17, 15) is 14.4 Å². The predicted octanol–water partition coefficient (Wildman–Crippen LogP) is 6.32. The molecule has 44 heavy (non-hydrogen) atoms. The molecule has 8 atom stereocenters. The van der Waals surface area contributed by atoms with Crippen LogP contribution in [-0.4, -0.2) is 35.2 Å². The maximum Gasteiger partial charge on any atom is 0.274 e. The summed E-state index contributed by atoms with van der Waals surface area (Å²) in [6, 6.07) is 7.37. The summed E-state index contributed by atoms with van der Waals surface area (Å²) in [5.41, 5.74) is -0.345. The molecule has 4 aliphatic carbocycles. The van der Waals surface area contributed by atoms with Gasteiger partial charge in [0.15, 0.2) is 0 Å². The Kier molecular flexibility index (Phi) is 6.88. The smallest absolute Gasteiger partial charge is 0.274 e. The largest absolute Gasteiger partial charge is 0.359 e. The molecule has 6 aliphatic rings. The molecule has 3 fully saturated rings. The number of nitrogens with zero attached hydrogens (tertiary/aromatic N) is 2. The molecule has 0 radical (unpaired) electrons. The number of ether oxygens (including phenoxy) is 2. The quantitative estimate of drug-likeness (QED) is 0.275. The van der Waals surface area contributed by atoms with Crippen molar-refractivity contribution in [2.75, 3.05) is 13.9 Å². The Hall–Kier alpha value is -2.77. The lowest BCUT2D eigenvalue weighted by Crippen LogP contribution is -2.78. The minimum atomic E-state index is -0.658. The molecule has 2 bridgehead atoms. The molecule has 7 heteroatoms. The molecule has 3 heterocycles. The summed E-state index contributed by atoms with van der Waals surface area (Å²) in [6.45, 7) is 11.2. The molecule has 2 spiro atoms. The molecule has 3 saturated carbocycles. The minimum absolute atomic E-state index is 0.0300. The maximum atomic E-state index is 14.8. The highest BCUT2D eigenvalue weighted by molar-refractivity contribution is 5.82. The van der Waals surface area contributed by atoms with Crippen molar-refractivity contribution in [2.24, 2.45) is 34.5 Å². The highest BCUT2D eigenvalue weighted by atomic mass is 16.7. The number of methoxy groups -OCH3 is 1. The molecule has 1 aromatic carbocycles. The van der Waals surface area contributed by atoms with Crippen LogP contribution in [0.2, 0.25) is 0 Å². The van der Waals surface area contributed by atoms with Gasteiger partial charge in [-0.1, -0.05) is 63.6 Å². The van der Waals surface area contributed by atoms with Crippen LogP contribution in [0.4, 0.5) is 0 Å². The van der Waals surface area contributed by atoms with Crippen molar-refractivity contribution in [1.29, 1.82) is 0 Å². The van der Waals surface area contributed by atoms with Crippen LogP contribution >= 0.6 is 0 Å². The van der Waals surface area contributed by atoms with E-state index >= 15 is 0 Å². The monoisotopic (exact) mass is 600 g/mol. The molecule has 2 aliphatic heterocycles. The van der Waals surface area contributed by atoms with Crippen molar-refractivity contribution in [3.8, 4) is 0 Å². The Labute approximate surface area is 260 Å². The zero-order valence-electron chi connectivity index (χ0n) is 27.2. The summed E-state index contributed by atoms with van der Waals surface area (Å²) in [5.74, 6) is 1.07. The normalized spacial score (nSPS) is 38.8. The number of carbonyl (C=O) groups is 1. The van der Waals surface area contributed by atoms with Crippen LogP contribution in [0.5, 0.6) is 0 Å². The zero-order valence-corrected chi connectivity index (χ0v) is 27.2. The Morgan fingerprint density at radius 3 is 2.36 bits per heavy atom. The van der Waals surface area contributed by atoms with Gasteiger partial charge in [0.2, 0.25) is 0 Å². The van der Waals surface area contributed by atoms with E-state index in [1.54, 1.807) is 7.11 Å². The summed E-state index contributed by atoms with van der Waals surface area (Å²) in [4.78, 5) is 42.1. The van der Waals surface area contributed by atoms with E-state index in [-0.39, 0.29) is 58.4 Å². The Bertz CT molecular complexity index is 1700. The van der Waals surface area contributed by atoms with Gasteiger partial charge in [0.1, 0.15) is 12.6 Å². The Balaban J connectivity index is 1.44. The number of allylic oxidation sites excluding steroid dienone is 4. The molecule has 236 valence electrons. The van der Waals surface area contributed by atoms with Crippen LogP contribution < -0.4 is 11.1 Å². The molecule has 0 saturated heterocycles. The second kappa shape index (κ2) is 10.1. The molecule has 7 nitrogen and oxygen atoms in total. The average molecular weight is 601 g/mol. The number of fused-ring (bicyclic) bond motifs is 2. The van der Waals surface area contributed by atoms with Crippen molar-refractivity contribution < 1.29 is 14.3 Å². The molecule has 0 amide bonds. The second-order valence-electron chi connectivity index (χ2n) is 15.3. The molecular formula is C37H48N2O5. The lowest BCUT2D eigenvalue weighted by molar-refractivity contribution is -0.210. The summed E-state index contributed by atoms with van der Waals surface area (Å²) in [6.07, 6.45) is 13.9. The van der Waals surface area contributed by atoms with E-state index in [1.165, 1.54) is 5.57 Å². The summed E-state index contributed by atoms with van der Waals surface area (Å²) >= 11 is 0. The summed E-state index contributed by atoms with van der Waals surface area (Å²) in [5, 5.41) is 1.00. The number of aromatic nitrogens is 2. The zero-order chi connectivity index (χ0) is 31.2.